The van der Waals surface area contributed by atoms with E-state index >= 15 is 0 Å². The highest BCUT2D eigenvalue weighted by molar-refractivity contribution is 6.30. The van der Waals surface area contributed by atoms with Crippen molar-refractivity contribution in [3.63, 3.8) is 0 Å². The molecule has 0 radical (unpaired) electrons. The Morgan fingerprint density at radius 2 is 1.79 bits per heavy atom. The van der Waals surface area contributed by atoms with Crippen molar-refractivity contribution < 1.29 is 14.3 Å². The molecule has 6 heteroatoms. The highest BCUT2D eigenvalue weighted by Crippen LogP contribution is 2.24. The number of carbonyl (C=O) groups is 1. The lowest BCUT2D eigenvalue weighted by Gasteiger charge is -2.11. The lowest BCUT2D eigenvalue weighted by Crippen LogP contribution is -2.18. The summed E-state index contributed by atoms with van der Waals surface area (Å²) in [7, 11) is 0. The van der Waals surface area contributed by atoms with Crippen molar-refractivity contribution in [1.29, 1.82) is 0 Å². The first-order chi connectivity index (χ1) is 13.9. The minimum absolute atomic E-state index is 0.290. The zero-order chi connectivity index (χ0) is 21.0. The van der Waals surface area contributed by atoms with Gasteiger partial charge in [0.15, 0.2) is 0 Å². The van der Waals surface area contributed by atoms with E-state index in [1.165, 1.54) is 6.07 Å². The predicted octanol–water partition coefficient (Wildman–Crippen LogP) is 4.98. The van der Waals surface area contributed by atoms with Gasteiger partial charge in [-0.05, 0) is 50.6 Å². The van der Waals surface area contributed by atoms with Crippen molar-refractivity contribution in [1.82, 2.24) is 9.88 Å². The maximum absolute atomic E-state index is 14.1. The summed E-state index contributed by atoms with van der Waals surface area (Å²) in [6.45, 7) is 5.10. The van der Waals surface area contributed by atoms with Crippen molar-refractivity contribution in [2.45, 2.75) is 33.4 Å². The predicted molar refractivity (Wildman–Crippen MR) is 113 cm³/mol. The molecule has 3 rings (SSSR count). The lowest BCUT2D eigenvalue weighted by atomic mass is 10.1. The zero-order valence-electron chi connectivity index (χ0n) is 16.5. The first-order valence-electron chi connectivity index (χ1n) is 9.49. The summed E-state index contributed by atoms with van der Waals surface area (Å²) in [5.74, 6) is -1.26. The second-order valence-corrected chi connectivity index (χ2v) is 7.50. The van der Waals surface area contributed by atoms with Crippen LogP contribution < -0.4 is 5.32 Å². The summed E-state index contributed by atoms with van der Waals surface area (Å²) in [6.07, 6.45) is 0.813. The molecule has 29 heavy (non-hydrogen) atoms. The molecule has 0 aliphatic carbocycles. The van der Waals surface area contributed by atoms with Crippen molar-refractivity contribution in [2.24, 2.45) is 0 Å². The van der Waals surface area contributed by atoms with E-state index in [0.29, 0.717) is 35.9 Å². The molecule has 3 aromatic rings. The first kappa shape index (κ1) is 21.1. The van der Waals surface area contributed by atoms with Crippen molar-refractivity contribution in [3.05, 3.63) is 93.0 Å². The highest BCUT2D eigenvalue weighted by atomic mass is 35.5. The van der Waals surface area contributed by atoms with Crippen molar-refractivity contribution in [2.75, 3.05) is 6.54 Å². The van der Waals surface area contributed by atoms with Crippen LogP contribution in [0.4, 0.5) is 4.39 Å². The average molecular weight is 415 g/mol. The molecule has 1 heterocycles. The van der Waals surface area contributed by atoms with Crippen LogP contribution in [0.15, 0.2) is 48.5 Å². The molecule has 1 aromatic heterocycles. The Morgan fingerprint density at radius 1 is 1.10 bits per heavy atom. The van der Waals surface area contributed by atoms with Crippen LogP contribution >= 0.6 is 11.6 Å². The van der Waals surface area contributed by atoms with Gasteiger partial charge in [-0.25, -0.2) is 9.18 Å². The van der Waals surface area contributed by atoms with Crippen LogP contribution in [0.1, 0.15) is 38.4 Å². The van der Waals surface area contributed by atoms with Gasteiger partial charge in [-0.15, -0.1) is 0 Å². The molecule has 0 atom stereocenters. The summed E-state index contributed by atoms with van der Waals surface area (Å²) < 4.78 is 16.0. The number of nitrogens with one attached hydrogen (secondary N) is 1. The second-order valence-electron chi connectivity index (χ2n) is 7.06. The second kappa shape index (κ2) is 9.25. The summed E-state index contributed by atoms with van der Waals surface area (Å²) in [5.41, 5.74) is 4.19. The molecule has 2 N–H and O–H groups in total. The molecule has 0 aliphatic rings. The van der Waals surface area contributed by atoms with Gasteiger partial charge >= 0.3 is 5.97 Å². The zero-order valence-corrected chi connectivity index (χ0v) is 17.3. The number of nitrogens with zero attached hydrogens (tertiary/aromatic N) is 1. The fourth-order valence-corrected chi connectivity index (χ4v) is 3.71. The van der Waals surface area contributed by atoms with Crippen LogP contribution in [0, 0.1) is 19.7 Å². The van der Waals surface area contributed by atoms with Crippen LogP contribution in [-0.2, 0) is 19.5 Å². The summed E-state index contributed by atoms with van der Waals surface area (Å²) in [6, 6.07) is 14.2. The third kappa shape index (κ3) is 4.86. The number of rotatable bonds is 8. The fourth-order valence-electron chi connectivity index (χ4n) is 3.58. The molecule has 0 amide bonds. The lowest BCUT2D eigenvalue weighted by molar-refractivity contribution is 0.0694. The summed E-state index contributed by atoms with van der Waals surface area (Å²) >= 11 is 5.91. The molecule has 4 nitrogen and oxygen atoms in total. The normalized spacial score (nSPS) is 11.0. The standard InChI is InChI=1S/C23H24ClFN2O2/c1-15-20(13-26-12-11-17-7-9-19(24)10-8-17)22(23(28)29)16(2)27(15)14-18-5-3-4-6-21(18)25/h3-10,26H,11-14H2,1-2H3,(H,28,29). The molecule has 0 unspecified atom stereocenters. The van der Waals surface area contributed by atoms with E-state index in [0.717, 1.165) is 23.2 Å². The number of carboxylic acids is 1. The van der Waals surface area contributed by atoms with Crippen molar-refractivity contribution >= 4 is 17.6 Å². The van der Waals surface area contributed by atoms with Gasteiger partial charge in [-0.1, -0.05) is 41.9 Å². The number of halogens is 2. The molecule has 0 spiro atoms. The Balaban J connectivity index is 1.76. The maximum Gasteiger partial charge on any atom is 0.337 e. The molecule has 152 valence electrons. The van der Waals surface area contributed by atoms with Gasteiger partial charge in [-0.3, -0.25) is 0 Å². The van der Waals surface area contributed by atoms with Crippen LogP contribution in [0.2, 0.25) is 5.02 Å². The summed E-state index contributed by atoms with van der Waals surface area (Å²) in [4.78, 5) is 11.9. The third-order valence-electron chi connectivity index (χ3n) is 5.22. The molecule has 0 saturated carbocycles. The minimum Gasteiger partial charge on any atom is -0.478 e. The van der Waals surface area contributed by atoms with Crippen LogP contribution in [0.25, 0.3) is 0 Å². The van der Waals surface area contributed by atoms with E-state index in [-0.39, 0.29) is 11.4 Å². The van der Waals surface area contributed by atoms with E-state index in [1.54, 1.807) is 25.1 Å². The Hall–Kier alpha value is -2.63. The van der Waals surface area contributed by atoms with E-state index < -0.39 is 5.97 Å². The first-order valence-corrected chi connectivity index (χ1v) is 9.86. The smallest absolute Gasteiger partial charge is 0.337 e. The fraction of sp³-hybridized carbons (Fsp3) is 0.261. The number of benzene rings is 2. The quantitative estimate of drug-likeness (QED) is 0.511. The molecule has 0 bridgehead atoms. The summed E-state index contributed by atoms with van der Waals surface area (Å²) in [5, 5.41) is 13.8. The van der Waals surface area contributed by atoms with Crippen molar-refractivity contribution in [3.8, 4) is 0 Å². The molecular formula is C23H24ClFN2O2. The van der Waals surface area contributed by atoms with Crippen LogP contribution in [0.5, 0.6) is 0 Å². The van der Waals surface area contributed by atoms with Gasteiger partial charge in [0, 0.05) is 34.1 Å². The maximum atomic E-state index is 14.1. The number of hydrogen-bond acceptors (Lipinski definition) is 2. The van der Waals surface area contributed by atoms with Crippen LogP contribution in [0.3, 0.4) is 0 Å². The van der Waals surface area contributed by atoms with Gasteiger partial charge in [0.05, 0.1) is 12.1 Å². The van der Waals surface area contributed by atoms with E-state index in [2.05, 4.69) is 5.32 Å². The Morgan fingerprint density at radius 3 is 2.45 bits per heavy atom. The molecule has 0 aliphatic heterocycles. The van der Waals surface area contributed by atoms with Gasteiger partial charge in [0.1, 0.15) is 5.82 Å². The number of aromatic carboxylic acids is 1. The third-order valence-corrected chi connectivity index (χ3v) is 5.47. The van der Waals surface area contributed by atoms with Gasteiger partial charge in [0.2, 0.25) is 0 Å². The highest BCUT2D eigenvalue weighted by Gasteiger charge is 2.22. The minimum atomic E-state index is -0.965. The largest absolute Gasteiger partial charge is 0.478 e. The van der Waals surface area contributed by atoms with Gasteiger partial charge in [-0.2, -0.15) is 0 Å². The number of carboxylic acid groups (broad SMARTS) is 1. The van der Waals surface area contributed by atoms with Crippen LogP contribution in [-0.4, -0.2) is 22.2 Å². The molecule has 2 aromatic carbocycles. The number of aromatic nitrogens is 1. The van der Waals surface area contributed by atoms with Gasteiger partial charge in [0.25, 0.3) is 0 Å². The Bertz CT molecular complexity index is 1010. The Labute approximate surface area is 174 Å². The molecular weight excluding hydrogens is 391 g/mol. The van der Waals surface area contributed by atoms with E-state index in [1.807, 2.05) is 35.8 Å². The SMILES string of the molecule is Cc1c(CNCCc2ccc(Cl)cc2)c(C(=O)O)c(C)n1Cc1ccccc1F. The molecule has 0 saturated heterocycles. The topological polar surface area (TPSA) is 54.3 Å². The monoisotopic (exact) mass is 414 g/mol. The van der Waals surface area contributed by atoms with E-state index in [9.17, 15) is 14.3 Å². The average Bonchev–Trinajstić information content (AvgIpc) is 2.92. The van der Waals surface area contributed by atoms with E-state index in [4.69, 9.17) is 11.6 Å². The van der Waals surface area contributed by atoms with Gasteiger partial charge < -0.3 is 15.0 Å². The number of hydrogen-bond donors (Lipinski definition) is 2. The molecule has 0 fully saturated rings. The Kier molecular flexibility index (Phi) is 6.72.